The number of benzene rings is 2. The number of nitrogens with zero attached hydrogens (tertiary/aromatic N) is 3. The zero-order valence-electron chi connectivity index (χ0n) is 15.3. The molecule has 0 saturated heterocycles. The molecule has 0 saturated carbocycles. The fraction of sp³-hybridized carbons (Fsp3) is 0.263. The third-order valence-electron chi connectivity index (χ3n) is 3.92. The molecule has 0 spiro atoms. The lowest BCUT2D eigenvalue weighted by molar-refractivity contribution is 0.240. The molecular formula is C19H20FN3O3S. The van der Waals surface area contributed by atoms with Crippen molar-refractivity contribution in [2.75, 3.05) is 21.3 Å². The number of ether oxygens (including phenoxy) is 2. The summed E-state index contributed by atoms with van der Waals surface area (Å²) in [4.78, 5) is 2.21. The van der Waals surface area contributed by atoms with Crippen LogP contribution in [0.1, 0.15) is 5.56 Å². The highest BCUT2D eigenvalue weighted by molar-refractivity contribution is 7.71. The van der Waals surface area contributed by atoms with Crippen LogP contribution >= 0.6 is 12.2 Å². The van der Waals surface area contributed by atoms with Crippen molar-refractivity contribution in [2.24, 2.45) is 0 Å². The van der Waals surface area contributed by atoms with Crippen LogP contribution in [-0.4, -0.2) is 35.9 Å². The Hall–Kier alpha value is -2.71. The summed E-state index contributed by atoms with van der Waals surface area (Å²) in [6, 6.07) is 11.8. The first-order valence-corrected chi connectivity index (χ1v) is 8.63. The fourth-order valence-electron chi connectivity index (χ4n) is 2.67. The van der Waals surface area contributed by atoms with Crippen molar-refractivity contribution in [2.45, 2.75) is 13.2 Å². The molecule has 2 aromatic carbocycles. The van der Waals surface area contributed by atoms with Crippen molar-refractivity contribution in [1.82, 2.24) is 14.7 Å². The maximum absolute atomic E-state index is 13.3. The monoisotopic (exact) mass is 389 g/mol. The molecule has 142 valence electrons. The Morgan fingerprint density at radius 1 is 1.15 bits per heavy atom. The molecule has 0 amide bonds. The van der Waals surface area contributed by atoms with Crippen LogP contribution in [-0.2, 0) is 13.2 Å². The molecule has 3 aromatic rings. The Labute approximate surface area is 161 Å². The Morgan fingerprint density at radius 3 is 2.48 bits per heavy atom. The highest BCUT2D eigenvalue weighted by Crippen LogP contribution is 2.29. The van der Waals surface area contributed by atoms with Crippen molar-refractivity contribution < 1.29 is 18.3 Å². The van der Waals surface area contributed by atoms with Crippen LogP contribution in [0.5, 0.6) is 11.5 Å². The first-order chi connectivity index (χ1) is 13.0. The van der Waals surface area contributed by atoms with E-state index in [4.69, 9.17) is 26.1 Å². The van der Waals surface area contributed by atoms with Crippen LogP contribution in [0.2, 0.25) is 0 Å². The zero-order valence-corrected chi connectivity index (χ0v) is 16.1. The Kier molecular flexibility index (Phi) is 5.88. The second-order valence-corrected chi connectivity index (χ2v) is 6.41. The van der Waals surface area contributed by atoms with Crippen molar-refractivity contribution in [3.8, 4) is 23.0 Å². The van der Waals surface area contributed by atoms with Crippen molar-refractivity contribution in [1.29, 1.82) is 0 Å². The Bertz CT molecular complexity index is 964. The topological polar surface area (TPSA) is 52.7 Å². The van der Waals surface area contributed by atoms with Crippen LogP contribution < -0.4 is 9.47 Å². The van der Waals surface area contributed by atoms with Crippen molar-refractivity contribution in [3.63, 3.8) is 0 Å². The number of hydrogen-bond acceptors (Lipinski definition) is 6. The predicted octanol–water partition coefficient (Wildman–Crippen LogP) is 4.12. The van der Waals surface area contributed by atoms with Gasteiger partial charge in [0.05, 0.1) is 20.9 Å². The van der Waals surface area contributed by atoms with Crippen LogP contribution in [0.4, 0.5) is 4.39 Å². The molecule has 1 aromatic heterocycles. The Balaban J connectivity index is 1.79. The molecule has 0 unspecified atom stereocenters. The van der Waals surface area contributed by atoms with Gasteiger partial charge in [0.2, 0.25) is 5.89 Å². The summed E-state index contributed by atoms with van der Waals surface area (Å²) < 4.78 is 31.1. The summed E-state index contributed by atoms with van der Waals surface area (Å²) in [6.45, 7) is 0.953. The Morgan fingerprint density at radius 2 is 1.85 bits per heavy atom. The molecule has 1 heterocycles. The minimum atomic E-state index is -0.256. The smallest absolute Gasteiger partial charge is 0.288 e. The molecule has 27 heavy (non-hydrogen) atoms. The number of rotatable bonds is 7. The van der Waals surface area contributed by atoms with Gasteiger partial charge in [-0.25, -0.2) is 9.07 Å². The summed E-state index contributed by atoms with van der Waals surface area (Å²) in [7, 11) is 5.05. The van der Waals surface area contributed by atoms with Gasteiger partial charge in [0.1, 0.15) is 17.3 Å². The minimum Gasteiger partial charge on any atom is -0.497 e. The van der Waals surface area contributed by atoms with E-state index in [2.05, 4.69) is 5.10 Å². The average molecular weight is 389 g/mol. The summed E-state index contributed by atoms with van der Waals surface area (Å²) in [5.41, 5.74) is 1.56. The van der Waals surface area contributed by atoms with E-state index in [9.17, 15) is 4.39 Å². The molecule has 0 N–H and O–H groups in total. The third kappa shape index (κ3) is 4.72. The van der Waals surface area contributed by atoms with E-state index in [1.54, 1.807) is 43.2 Å². The molecule has 0 atom stereocenters. The highest BCUT2D eigenvalue weighted by atomic mass is 32.1. The van der Waals surface area contributed by atoms with E-state index in [0.29, 0.717) is 36.2 Å². The molecule has 3 rings (SSSR count). The summed E-state index contributed by atoms with van der Waals surface area (Å²) in [5, 5.41) is 4.45. The number of methoxy groups -OCH3 is 2. The molecule has 0 fully saturated rings. The van der Waals surface area contributed by atoms with Gasteiger partial charge in [-0.05, 0) is 49.1 Å². The van der Waals surface area contributed by atoms with E-state index in [1.165, 1.54) is 12.1 Å². The van der Waals surface area contributed by atoms with Gasteiger partial charge < -0.3 is 13.9 Å². The number of halogens is 1. The molecule has 6 nitrogen and oxygen atoms in total. The standard InChI is InChI=1S/C19H20FN3O3S/c1-22(11-13-5-4-6-15(20)7-13)12-23-19(27)26-18(21-23)14-8-16(24-2)10-17(9-14)25-3/h4-10H,11-12H2,1-3H3. The van der Waals surface area contributed by atoms with Gasteiger partial charge in [-0.1, -0.05) is 12.1 Å². The van der Waals surface area contributed by atoms with Crippen molar-refractivity contribution >= 4 is 12.2 Å². The molecule has 0 bridgehead atoms. The van der Waals surface area contributed by atoms with E-state index in [1.807, 2.05) is 18.0 Å². The van der Waals surface area contributed by atoms with Gasteiger partial charge >= 0.3 is 0 Å². The van der Waals surface area contributed by atoms with Gasteiger partial charge in [0.15, 0.2) is 0 Å². The first kappa shape index (κ1) is 19.1. The van der Waals surface area contributed by atoms with Gasteiger partial charge in [0.25, 0.3) is 4.84 Å². The summed E-state index contributed by atoms with van der Waals surface area (Å²) >= 11 is 5.28. The zero-order chi connectivity index (χ0) is 19.4. The minimum absolute atomic E-state index is 0.248. The van der Waals surface area contributed by atoms with E-state index in [-0.39, 0.29) is 10.7 Å². The van der Waals surface area contributed by atoms with Crippen LogP contribution in [0, 0.1) is 10.7 Å². The predicted molar refractivity (Wildman–Crippen MR) is 102 cm³/mol. The maximum atomic E-state index is 13.3. The molecule has 0 radical (unpaired) electrons. The van der Waals surface area contributed by atoms with E-state index >= 15 is 0 Å². The molecule has 0 aliphatic rings. The largest absolute Gasteiger partial charge is 0.497 e. The lowest BCUT2D eigenvalue weighted by Crippen LogP contribution is -2.22. The normalized spacial score (nSPS) is 11.0. The quantitative estimate of drug-likeness (QED) is 0.567. The van der Waals surface area contributed by atoms with Gasteiger partial charge in [-0.15, -0.1) is 5.10 Å². The summed E-state index contributed by atoms with van der Waals surface area (Å²) in [5.74, 6) is 1.37. The van der Waals surface area contributed by atoms with E-state index < -0.39 is 0 Å². The molecule has 0 aliphatic carbocycles. The second-order valence-electron chi connectivity index (χ2n) is 6.06. The van der Waals surface area contributed by atoms with Gasteiger partial charge in [-0.3, -0.25) is 4.90 Å². The lowest BCUT2D eigenvalue weighted by atomic mass is 10.2. The highest BCUT2D eigenvalue weighted by Gasteiger charge is 2.13. The molecule has 0 aliphatic heterocycles. The van der Waals surface area contributed by atoms with Crippen molar-refractivity contribution in [3.05, 3.63) is 58.7 Å². The number of aromatic nitrogens is 2. The van der Waals surface area contributed by atoms with Crippen LogP contribution in [0.25, 0.3) is 11.5 Å². The van der Waals surface area contributed by atoms with Crippen LogP contribution in [0.3, 0.4) is 0 Å². The average Bonchev–Trinajstić information content (AvgIpc) is 3.01. The maximum Gasteiger partial charge on any atom is 0.288 e. The third-order valence-corrected chi connectivity index (χ3v) is 4.22. The van der Waals surface area contributed by atoms with Crippen LogP contribution in [0.15, 0.2) is 46.9 Å². The second kappa shape index (κ2) is 8.32. The molecule has 8 heteroatoms. The van der Waals surface area contributed by atoms with E-state index in [0.717, 1.165) is 5.56 Å². The summed E-state index contributed by atoms with van der Waals surface area (Å²) in [6.07, 6.45) is 0. The first-order valence-electron chi connectivity index (χ1n) is 8.23. The SMILES string of the molecule is COc1cc(OC)cc(-c2nn(CN(C)Cc3cccc(F)c3)c(=S)o2)c1. The number of hydrogen-bond donors (Lipinski definition) is 0. The van der Waals surface area contributed by atoms with Gasteiger partial charge in [-0.2, -0.15) is 0 Å². The molecular weight excluding hydrogens is 369 g/mol. The lowest BCUT2D eigenvalue weighted by Gasteiger charge is -2.15. The fourth-order valence-corrected chi connectivity index (χ4v) is 2.85. The van der Waals surface area contributed by atoms with Gasteiger partial charge in [0, 0.05) is 18.2 Å².